The van der Waals surface area contributed by atoms with Crippen molar-refractivity contribution >= 4 is 11.6 Å². The van der Waals surface area contributed by atoms with E-state index in [2.05, 4.69) is 43.4 Å². The topological polar surface area (TPSA) is 32.3 Å². The Hall–Kier alpha value is -2.13. The molecule has 2 aromatic carbocycles. The Bertz CT molecular complexity index is 668. The Morgan fingerprint density at radius 2 is 1.87 bits per heavy atom. The first-order valence-electron chi connectivity index (χ1n) is 8.35. The van der Waals surface area contributed by atoms with Gasteiger partial charge in [0.15, 0.2) is 0 Å². The lowest BCUT2D eigenvalue weighted by molar-refractivity contribution is -0.118. The number of benzene rings is 2. The van der Waals surface area contributed by atoms with Crippen LogP contribution in [0.5, 0.6) is 0 Å². The van der Waals surface area contributed by atoms with Crippen molar-refractivity contribution in [2.75, 3.05) is 11.4 Å². The number of nitrogens with zero attached hydrogens (tertiary/aromatic N) is 1. The van der Waals surface area contributed by atoms with Gasteiger partial charge in [0.25, 0.3) is 0 Å². The van der Waals surface area contributed by atoms with E-state index >= 15 is 0 Å². The number of para-hydroxylation sites is 1. The number of amides is 1. The van der Waals surface area contributed by atoms with Crippen LogP contribution < -0.4 is 10.2 Å². The summed E-state index contributed by atoms with van der Waals surface area (Å²) in [5.41, 5.74) is 3.61. The monoisotopic (exact) mass is 308 g/mol. The number of hydrogen-bond donors (Lipinski definition) is 1. The van der Waals surface area contributed by atoms with Gasteiger partial charge < -0.3 is 10.2 Å². The number of rotatable bonds is 5. The molecular weight excluding hydrogens is 284 g/mol. The van der Waals surface area contributed by atoms with Crippen molar-refractivity contribution in [2.24, 2.45) is 0 Å². The molecule has 0 saturated heterocycles. The number of carbonyl (C=O) groups is 1. The molecule has 0 bridgehead atoms. The van der Waals surface area contributed by atoms with Crippen molar-refractivity contribution in [1.82, 2.24) is 5.32 Å². The molecule has 2 atom stereocenters. The first kappa shape index (κ1) is 15.8. The molecule has 1 amide bonds. The zero-order valence-corrected chi connectivity index (χ0v) is 13.8. The van der Waals surface area contributed by atoms with Crippen LogP contribution in [0.25, 0.3) is 0 Å². The number of carbonyl (C=O) groups excluding carboxylic acids is 1. The van der Waals surface area contributed by atoms with Crippen molar-refractivity contribution in [3.05, 3.63) is 65.7 Å². The fourth-order valence-corrected chi connectivity index (χ4v) is 3.32. The molecule has 0 aromatic heterocycles. The maximum Gasteiger partial charge on any atom is 0.228 e. The third-order valence-electron chi connectivity index (χ3n) is 4.56. The molecule has 0 aliphatic carbocycles. The summed E-state index contributed by atoms with van der Waals surface area (Å²) < 4.78 is 0. The minimum Gasteiger partial charge on any atom is -0.310 e. The zero-order chi connectivity index (χ0) is 16.2. The van der Waals surface area contributed by atoms with Gasteiger partial charge in [0.1, 0.15) is 0 Å². The highest BCUT2D eigenvalue weighted by molar-refractivity contribution is 5.96. The van der Waals surface area contributed by atoms with Crippen LogP contribution in [0.4, 0.5) is 5.69 Å². The summed E-state index contributed by atoms with van der Waals surface area (Å²) in [5, 5.41) is 3.44. The minimum absolute atomic E-state index is 0.204. The lowest BCUT2D eigenvalue weighted by Gasteiger charge is -2.23. The van der Waals surface area contributed by atoms with Gasteiger partial charge in [0.2, 0.25) is 5.91 Å². The molecule has 3 nitrogen and oxygen atoms in total. The number of fused-ring (bicyclic) bond motifs is 1. The SMILES string of the molecule is CC(NCCC(=O)N1c2ccccc2CC1C)c1ccccc1. The Morgan fingerprint density at radius 3 is 2.65 bits per heavy atom. The highest BCUT2D eigenvalue weighted by atomic mass is 16.2. The van der Waals surface area contributed by atoms with E-state index in [1.807, 2.05) is 35.2 Å². The lowest BCUT2D eigenvalue weighted by atomic mass is 10.1. The van der Waals surface area contributed by atoms with Gasteiger partial charge in [-0.3, -0.25) is 4.79 Å². The second-order valence-corrected chi connectivity index (χ2v) is 6.28. The number of nitrogens with one attached hydrogen (secondary N) is 1. The summed E-state index contributed by atoms with van der Waals surface area (Å²) in [7, 11) is 0. The zero-order valence-electron chi connectivity index (χ0n) is 13.8. The average molecular weight is 308 g/mol. The standard InChI is InChI=1S/C20H24N2O/c1-15-14-18-10-6-7-11-19(18)22(15)20(23)12-13-21-16(2)17-8-4-3-5-9-17/h3-11,15-16,21H,12-14H2,1-2H3. The second kappa shape index (κ2) is 6.97. The molecule has 0 saturated carbocycles. The predicted octanol–water partition coefficient (Wildman–Crippen LogP) is 3.71. The Morgan fingerprint density at radius 1 is 1.17 bits per heavy atom. The van der Waals surface area contributed by atoms with E-state index in [-0.39, 0.29) is 18.0 Å². The summed E-state index contributed by atoms with van der Waals surface area (Å²) in [6.07, 6.45) is 1.48. The maximum atomic E-state index is 12.6. The second-order valence-electron chi connectivity index (χ2n) is 6.28. The molecular formula is C20H24N2O. The summed E-state index contributed by atoms with van der Waals surface area (Å²) in [4.78, 5) is 14.6. The van der Waals surface area contributed by atoms with Crippen LogP contribution in [0.2, 0.25) is 0 Å². The molecule has 3 rings (SSSR count). The van der Waals surface area contributed by atoms with Crippen LogP contribution >= 0.6 is 0 Å². The first-order valence-corrected chi connectivity index (χ1v) is 8.35. The van der Waals surface area contributed by atoms with Gasteiger partial charge in [-0.05, 0) is 37.5 Å². The molecule has 2 unspecified atom stereocenters. The van der Waals surface area contributed by atoms with Gasteiger partial charge in [-0.15, -0.1) is 0 Å². The predicted molar refractivity (Wildman–Crippen MR) is 94.6 cm³/mol. The van der Waals surface area contributed by atoms with Crippen molar-refractivity contribution in [1.29, 1.82) is 0 Å². The van der Waals surface area contributed by atoms with E-state index in [1.165, 1.54) is 11.1 Å². The number of anilines is 1. The van der Waals surface area contributed by atoms with E-state index in [0.29, 0.717) is 13.0 Å². The lowest BCUT2D eigenvalue weighted by Crippen LogP contribution is -2.37. The Labute approximate surface area is 138 Å². The fraction of sp³-hybridized carbons (Fsp3) is 0.350. The van der Waals surface area contributed by atoms with Gasteiger partial charge in [0.05, 0.1) is 0 Å². The van der Waals surface area contributed by atoms with Crippen LogP contribution in [-0.2, 0) is 11.2 Å². The maximum absolute atomic E-state index is 12.6. The highest BCUT2D eigenvalue weighted by Crippen LogP contribution is 2.32. The molecule has 0 spiro atoms. The molecule has 120 valence electrons. The summed E-state index contributed by atoms with van der Waals surface area (Å²) in [5.74, 6) is 0.204. The molecule has 1 heterocycles. The Balaban J connectivity index is 1.56. The van der Waals surface area contributed by atoms with Crippen LogP contribution in [0.15, 0.2) is 54.6 Å². The third-order valence-corrected chi connectivity index (χ3v) is 4.56. The van der Waals surface area contributed by atoms with E-state index < -0.39 is 0 Å². The normalized spacial score (nSPS) is 17.8. The summed E-state index contributed by atoms with van der Waals surface area (Å²) >= 11 is 0. The van der Waals surface area contributed by atoms with Crippen molar-refractivity contribution in [2.45, 2.75) is 38.8 Å². The van der Waals surface area contributed by atoms with Gasteiger partial charge in [-0.1, -0.05) is 48.5 Å². The van der Waals surface area contributed by atoms with Crippen LogP contribution in [0.3, 0.4) is 0 Å². The Kier molecular flexibility index (Phi) is 4.77. The van der Waals surface area contributed by atoms with Gasteiger partial charge in [-0.25, -0.2) is 0 Å². The first-order chi connectivity index (χ1) is 11.2. The molecule has 0 fully saturated rings. The molecule has 1 aliphatic heterocycles. The van der Waals surface area contributed by atoms with Crippen LogP contribution in [0, 0.1) is 0 Å². The molecule has 1 N–H and O–H groups in total. The smallest absolute Gasteiger partial charge is 0.228 e. The van der Waals surface area contributed by atoms with E-state index in [9.17, 15) is 4.79 Å². The largest absolute Gasteiger partial charge is 0.310 e. The average Bonchev–Trinajstić information content (AvgIpc) is 2.91. The molecule has 2 aromatic rings. The third kappa shape index (κ3) is 3.45. The van der Waals surface area contributed by atoms with Gasteiger partial charge >= 0.3 is 0 Å². The highest BCUT2D eigenvalue weighted by Gasteiger charge is 2.29. The minimum atomic E-state index is 0.204. The summed E-state index contributed by atoms with van der Waals surface area (Å²) in [6, 6.07) is 19.1. The molecule has 0 radical (unpaired) electrons. The summed E-state index contributed by atoms with van der Waals surface area (Å²) in [6.45, 7) is 4.95. The van der Waals surface area contributed by atoms with Crippen molar-refractivity contribution in [3.8, 4) is 0 Å². The van der Waals surface area contributed by atoms with Crippen LogP contribution in [0.1, 0.15) is 37.4 Å². The van der Waals surface area contributed by atoms with Crippen molar-refractivity contribution in [3.63, 3.8) is 0 Å². The molecule has 23 heavy (non-hydrogen) atoms. The quantitative estimate of drug-likeness (QED) is 0.913. The van der Waals surface area contributed by atoms with E-state index in [0.717, 1.165) is 12.1 Å². The van der Waals surface area contributed by atoms with Gasteiger partial charge in [0, 0.05) is 30.7 Å². The van der Waals surface area contributed by atoms with Crippen molar-refractivity contribution < 1.29 is 4.79 Å². The van der Waals surface area contributed by atoms with Crippen LogP contribution in [-0.4, -0.2) is 18.5 Å². The van der Waals surface area contributed by atoms with Gasteiger partial charge in [-0.2, -0.15) is 0 Å². The number of hydrogen-bond acceptors (Lipinski definition) is 2. The van der Waals surface area contributed by atoms with E-state index in [1.54, 1.807) is 0 Å². The fourth-order valence-electron chi connectivity index (χ4n) is 3.32. The van der Waals surface area contributed by atoms with E-state index in [4.69, 9.17) is 0 Å². The molecule has 1 aliphatic rings. The molecule has 3 heteroatoms.